The Balaban J connectivity index is 1.66. The third-order valence-electron chi connectivity index (χ3n) is 5.53. The lowest BCUT2D eigenvalue weighted by Crippen LogP contribution is -2.48. The predicted molar refractivity (Wildman–Crippen MR) is 128 cm³/mol. The third-order valence-corrected chi connectivity index (χ3v) is 6.58. The van der Waals surface area contributed by atoms with Crippen LogP contribution in [0.3, 0.4) is 0 Å². The number of hydrogen-bond acceptors (Lipinski definition) is 11. The van der Waals surface area contributed by atoms with E-state index in [1.54, 1.807) is 13.8 Å². The van der Waals surface area contributed by atoms with Crippen molar-refractivity contribution in [2.24, 2.45) is 0 Å². The first-order valence-corrected chi connectivity index (χ1v) is 11.9. The molecule has 1 fully saturated rings. The number of rotatable bonds is 8. The van der Waals surface area contributed by atoms with Crippen LogP contribution in [0, 0.1) is 6.92 Å². The molecule has 0 spiro atoms. The van der Waals surface area contributed by atoms with E-state index in [0.717, 1.165) is 43.3 Å². The number of nitrogens with one attached hydrogen (secondary N) is 2. The Bertz CT molecular complexity index is 1040. The molecular weight excluding hydrogens is 444 g/mol. The van der Waals surface area contributed by atoms with E-state index in [-0.39, 0.29) is 18.4 Å². The van der Waals surface area contributed by atoms with Gasteiger partial charge in [-0.15, -0.1) is 0 Å². The van der Waals surface area contributed by atoms with Crippen LogP contribution >= 0.6 is 11.3 Å². The van der Waals surface area contributed by atoms with E-state index in [0.29, 0.717) is 41.3 Å². The Kier molecular flexibility index (Phi) is 6.94. The number of thiazole rings is 1. The molecule has 1 saturated heterocycles. The fraction of sp³-hybridized carbons (Fsp3) is 0.571. The summed E-state index contributed by atoms with van der Waals surface area (Å²) in [6.07, 6.45) is 0.833. The van der Waals surface area contributed by atoms with Crippen molar-refractivity contribution >= 4 is 45.9 Å². The van der Waals surface area contributed by atoms with Crippen molar-refractivity contribution in [3.8, 4) is 0 Å². The fourth-order valence-corrected chi connectivity index (χ4v) is 4.76. The van der Waals surface area contributed by atoms with Crippen LogP contribution in [0.4, 0.5) is 22.7 Å². The highest BCUT2D eigenvalue weighted by molar-refractivity contribution is 7.17. The van der Waals surface area contributed by atoms with Gasteiger partial charge in [-0.05, 0) is 34.4 Å². The van der Waals surface area contributed by atoms with Gasteiger partial charge in [-0.25, -0.2) is 9.78 Å². The standard InChI is InChI=1S/C21H30N8O3S/c1-5-32-19(31)16-13(2)23-21(33-16)26-20-24-17-14(6-8-28(17)11-10-27(3)4)18(25-20)29-9-7-22-15(30)12-29/h5-12H2,1-4H3,(H,22,30)(H,23,24,25,26). The van der Waals surface area contributed by atoms with Crippen LogP contribution in [0.5, 0.6) is 0 Å². The number of aryl methyl sites for hydroxylation is 1. The van der Waals surface area contributed by atoms with Crippen LogP contribution in [-0.4, -0.2) is 91.7 Å². The Morgan fingerprint density at radius 1 is 1.24 bits per heavy atom. The van der Waals surface area contributed by atoms with Crippen LogP contribution in [0.1, 0.15) is 27.9 Å². The van der Waals surface area contributed by atoms with Crippen molar-refractivity contribution < 1.29 is 14.3 Å². The van der Waals surface area contributed by atoms with Gasteiger partial charge in [-0.1, -0.05) is 11.3 Å². The lowest BCUT2D eigenvalue weighted by Gasteiger charge is -2.29. The van der Waals surface area contributed by atoms with E-state index in [1.165, 1.54) is 11.3 Å². The molecule has 2 N–H and O–H groups in total. The topological polar surface area (TPSA) is 116 Å². The zero-order valence-electron chi connectivity index (χ0n) is 19.5. The monoisotopic (exact) mass is 474 g/mol. The Morgan fingerprint density at radius 2 is 2.03 bits per heavy atom. The smallest absolute Gasteiger partial charge is 0.350 e. The molecule has 2 aromatic heterocycles. The largest absolute Gasteiger partial charge is 0.462 e. The fourth-order valence-electron chi connectivity index (χ4n) is 3.91. The molecule has 4 rings (SSSR count). The molecule has 33 heavy (non-hydrogen) atoms. The maximum Gasteiger partial charge on any atom is 0.350 e. The summed E-state index contributed by atoms with van der Waals surface area (Å²) >= 11 is 1.22. The summed E-state index contributed by atoms with van der Waals surface area (Å²) in [4.78, 5) is 45.2. The van der Waals surface area contributed by atoms with Gasteiger partial charge in [0.15, 0.2) is 5.13 Å². The molecule has 0 bridgehead atoms. The molecule has 0 atom stereocenters. The van der Waals surface area contributed by atoms with E-state index in [2.05, 4.69) is 25.4 Å². The van der Waals surface area contributed by atoms with Gasteiger partial charge in [0.05, 0.1) is 18.8 Å². The van der Waals surface area contributed by atoms with Crippen molar-refractivity contribution in [3.63, 3.8) is 0 Å². The summed E-state index contributed by atoms with van der Waals surface area (Å²) in [7, 11) is 4.10. The molecule has 4 heterocycles. The zero-order valence-corrected chi connectivity index (χ0v) is 20.3. The maximum absolute atomic E-state index is 12.2. The Hall–Kier alpha value is -2.99. The van der Waals surface area contributed by atoms with Gasteiger partial charge in [-0.3, -0.25) is 10.1 Å². The number of esters is 1. The number of anilines is 4. The highest BCUT2D eigenvalue weighted by Gasteiger charge is 2.30. The zero-order chi connectivity index (χ0) is 23.5. The number of carbonyl (C=O) groups is 2. The molecule has 2 aliphatic heterocycles. The van der Waals surface area contributed by atoms with Gasteiger partial charge in [-0.2, -0.15) is 9.97 Å². The van der Waals surface area contributed by atoms with E-state index < -0.39 is 0 Å². The summed E-state index contributed by atoms with van der Waals surface area (Å²) < 4.78 is 5.12. The maximum atomic E-state index is 12.2. The van der Waals surface area contributed by atoms with Gasteiger partial charge in [0.25, 0.3) is 0 Å². The highest BCUT2D eigenvalue weighted by Crippen LogP contribution is 2.35. The van der Waals surface area contributed by atoms with Crippen molar-refractivity contribution in [1.82, 2.24) is 25.2 Å². The second-order valence-corrected chi connectivity index (χ2v) is 9.26. The van der Waals surface area contributed by atoms with Crippen molar-refractivity contribution in [3.05, 3.63) is 16.1 Å². The number of carbonyl (C=O) groups excluding carboxylic acids is 2. The third kappa shape index (κ3) is 5.17. The van der Waals surface area contributed by atoms with Crippen LogP contribution in [0.25, 0.3) is 0 Å². The number of amides is 1. The number of fused-ring (bicyclic) bond motifs is 1. The average Bonchev–Trinajstić information content (AvgIpc) is 3.35. The normalized spacial score (nSPS) is 15.6. The van der Waals surface area contributed by atoms with Crippen LogP contribution < -0.4 is 20.4 Å². The van der Waals surface area contributed by atoms with E-state index in [4.69, 9.17) is 14.7 Å². The van der Waals surface area contributed by atoms with Gasteiger partial charge in [0, 0.05) is 38.3 Å². The van der Waals surface area contributed by atoms with Gasteiger partial charge < -0.3 is 24.8 Å². The quantitative estimate of drug-likeness (QED) is 0.537. The van der Waals surface area contributed by atoms with Crippen molar-refractivity contribution in [2.75, 3.05) is 75.1 Å². The SMILES string of the molecule is CCOC(=O)c1sc(Nc2nc3c(c(N4CCNC(=O)C4)n2)CCN3CCN(C)C)nc1C. The first kappa shape index (κ1) is 23.2. The van der Waals surface area contributed by atoms with Gasteiger partial charge in [0.2, 0.25) is 11.9 Å². The van der Waals surface area contributed by atoms with Gasteiger partial charge in [0.1, 0.15) is 16.5 Å². The number of hydrogen-bond donors (Lipinski definition) is 2. The second-order valence-electron chi connectivity index (χ2n) is 8.26. The minimum Gasteiger partial charge on any atom is -0.462 e. The summed E-state index contributed by atoms with van der Waals surface area (Å²) in [6.45, 7) is 8.01. The molecule has 0 radical (unpaired) electrons. The van der Waals surface area contributed by atoms with Gasteiger partial charge >= 0.3 is 5.97 Å². The minimum atomic E-state index is -0.384. The molecule has 1 amide bonds. The molecule has 0 saturated carbocycles. The van der Waals surface area contributed by atoms with E-state index in [9.17, 15) is 9.59 Å². The van der Waals surface area contributed by atoms with Crippen LogP contribution in [0.15, 0.2) is 0 Å². The molecule has 2 aromatic rings. The minimum absolute atomic E-state index is 0.0137. The number of aromatic nitrogens is 3. The van der Waals surface area contributed by atoms with Crippen LogP contribution in [-0.2, 0) is 16.0 Å². The van der Waals surface area contributed by atoms with Crippen molar-refractivity contribution in [2.45, 2.75) is 20.3 Å². The molecular formula is C21H30N8O3S. The van der Waals surface area contributed by atoms with E-state index >= 15 is 0 Å². The first-order valence-electron chi connectivity index (χ1n) is 11.1. The second kappa shape index (κ2) is 9.87. The molecule has 0 unspecified atom stereocenters. The number of nitrogens with zero attached hydrogens (tertiary/aromatic N) is 6. The lowest BCUT2D eigenvalue weighted by atomic mass is 10.2. The molecule has 11 nitrogen and oxygen atoms in total. The highest BCUT2D eigenvalue weighted by atomic mass is 32.1. The molecule has 0 aliphatic carbocycles. The summed E-state index contributed by atoms with van der Waals surface area (Å²) in [5.41, 5.74) is 1.67. The summed E-state index contributed by atoms with van der Waals surface area (Å²) in [6, 6.07) is 0. The number of piperazine rings is 1. The average molecular weight is 475 g/mol. The van der Waals surface area contributed by atoms with Crippen molar-refractivity contribution in [1.29, 1.82) is 0 Å². The molecule has 2 aliphatic rings. The summed E-state index contributed by atoms with van der Waals surface area (Å²) in [5, 5.41) is 6.57. The number of ether oxygens (including phenoxy) is 1. The summed E-state index contributed by atoms with van der Waals surface area (Å²) in [5.74, 6) is 1.67. The molecule has 178 valence electrons. The lowest BCUT2D eigenvalue weighted by molar-refractivity contribution is -0.120. The predicted octanol–water partition coefficient (Wildman–Crippen LogP) is 1.02. The van der Waals surface area contributed by atoms with Crippen LogP contribution in [0.2, 0.25) is 0 Å². The number of likely N-dealkylation sites (N-methyl/N-ethyl adjacent to an activating group) is 1. The molecule has 12 heteroatoms. The Morgan fingerprint density at radius 3 is 2.76 bits per heavy atom. The van der Waals surface area contributed by atoms with E-state index in [1.807, 2.05) is 19.0 Å². The Labute approximate surface area is 197 Å². The first-order chi connectivity index (χ1) is 15.9. The molecule has 0 aromatic carbocycles.